The lowest BCUT2D eigenvalue weighted by Gasteiger charge is -2.17. The third-order valence-corrected chi connectivity index (χ3v) is 8.05. The third-order valence-electron chi connectivity index (χ3n) is 8.05. The molecule has 0 aromatic carbocycles. The molecule has 0 saturated carbocycles. The van der Waals surface area contributed by atoms with E-state index in [0.717, 1.165) is 12.8 Å². The average Bonchev–Trinajstić information content (AvgIpc) is 2.92. The zero-order chi connectivity index (χ0) is 27.8. The van der Waals surface area contributed by atoms with Gasteiger partial charge in [0.25, 0.3) is 0 Å². The highest BCUT2D eigenvalue weighted by atomic mass is 16.5. The molecule has 2 heteroatoms. The summed E-state index contributed by atoms with van der Waals surface area (Å²) in [5.41, 5.74) is 0. The summed E-state index contributed by atoms with van der Waals surface area (Å²) in [5, 5.41) is 0. The Kier molecular flexibility index (Phi) is 31.7. The van der Waals surface area contributed by atoms with Gasteiger partial charge in [0.2, 0.25) is 0 Å². The van der Waals surface area contributed by atoms with Gasteiger partial charge in [-0.25, -0.2) is 0 Å². The Hall–Kier alpha value is -0.790. The van der Waals surface area contributed by atoms with E-state index in [9.17, 15) is 4.79 Å². The first-order chi connectivity index (χ1) is 18.7. The number of hydrogen-bond donors (Lipinski definition) is 0. The highest BCUT2D eigenvalue weighted by Gasteiger charge is 2.12. The van der Waals surface area contributed by atoms with Gasteiger partial charge in [0.1, 0.15) is 0 Å². The highest BCUT2D eigenvalue weighted by Crippen LogP contribution is 2.20. The molecule has 0 saturated heterocycles. The zero-order valence-corrected chi connectivity index (χ0v) is 26.6. The van der Waals surface area contributed by atoms with Crippen LogP contribution in [0.5, 0.6) is 0 Å². The number of esters is 1. The van der Waals surface area contributed by atoms with Crippen LogP contribution in [0.4, 0.5) is 0 Å². The summed E-state index contributed by atoms with van der Waals surface area (Å²) < 4.78 is 5.75. The number of allylic oxidation sites excluding steroid dienone is 2. The molecule has 0 aromatic rings. The van der Waals surface area contributed by atoms with Gasteiger partial charge in [0.05, 0.1) is 6.61 Å². The van der Waals surface area contributed by atoms with Gasteiger partial charge in [-0.15, -0.1) is 0 Å². The fraction of sp³-hybridized carbons (Fsp3) is 0.917. The Labute approximate surface area is 240 Å². The molecule has 0 aliphatic carbocycles. The van der Waals surface area contributed by atoms with Crippen LogP contribution in [-0.4, -0.2) is 12.6 Å². The minimum atomic E-state index is 0.0390. The van der Waals surface area contributed by atoms with Gasteiger partial charge in [-0.1, -0.05) is 161 Å². The van der Waals surface area contributed by atoms with E-state index in [4.69, 9.17) is 4.74 Å². The van der Waals surface area contributed by atoms with Crippen molar-refractivity contribution in [1.82, 2.24) is 0 Å². The van der Waals surface area contributed by atoms with Crippen LogP contribution in [0.1, 0.15) is 201 Å². The van der Waals surface area contributed by atoms with Crippen molar-refractivity contribution in [3.63, 3.8) is 0 Å². The maximum absolute atomic E-state index is 12.3. The quantitative estimate of drug-likeness (QED) is 0.0502. The van der Waals surface area contributed by atoms with E-state index in [1.54, 1.807) is 0 Å². The Balaban J connectivity index is 3.76. The normalized spacial score (nSPS) is 12.4. The summed E-state index contributed by atoms with van der Waals surface area (Å²) in [6, 6.07) is 0. The predicted molar refractivity (Wildman–Crippen MR) is 170 cm³/mol. The summed E-state index contributed by atoms with van der Waals surface area (Å²) in [6.45, 7) is 7.50. The number of hydrogen-bond acceptors (Lipinski definition) is 2. The Morgan fingerprint density at radius 3 is 1.34 bits per heavy atom. The largest absolute Gasteiger partial charge is 0.465 e. The number of unbranched alkanes of at least 4 members (excludes halogenated alkanes) is 21. The zero-order valence-electron chi connectivity index (χ0n) is 26.6. The molecule has 1 atom stereocenters. The molecule has 0 rings (SSSR count). The monoisotopic (exact) mass is 535 g/mol. The lowest BCUT2D eigenvalue weighted by molar-refractivity contribution is -0.145. The summed E-state index contributed by atoms with van der Waals surface area (Å²) >= 11 is 0. The molecule has 38 heavy (non-hydrogen) atoms. The number of carbonyl (C=O) groups is 1. The molecule has 0 radical (unpaired) electrons. The van der Waals surface area contributed by atoms with Gasteiger partial charge in [0.15, 0.2) is 0 Å². The van der Waals surface area contributed by atoms with Crippen LogP contribution in [0.3, 0.4) is 0 Å². The van der Waals surface area contributed by atoms with Crippen LogP contribution in [0.15, 0.2) is 12.2 Å². The molecule has 0 aliphatic heterocycles. The van der Waals surface area contributed by atoms with E-state index in [1.165, 1.54) is 161 Å². The van der Waals surface area contributed by atoms with Crippen molar-refractivity contribution in [3.05, 3.63) is 12.2 Å². The second-order valence-corrected chi connectivity index (χ2v) is 12.0. The van der Waals surface area contributed by atoms with E-state index in [2.05, 4.69) is 32.9 Å². The second-order valence-electron chi connectivity index (χ2n) is 12.0. The second kappa shape index (κ2) is 32.4. The predicted octanol–water partition coefficient (Wildman–Crippen LogP) is 12.7. The third kappa shape index (κ3) is 29.8. The van der Waals surface area contributed by atoms with Crippen LogP contribution in [0.2, 0.25) is 0 Å². The summed E-state index contributed by atoms with van der Waals surface area (Å²) in [4.78, 5) is 12.3. The van der Waals surface area contributed by atoms with Crippen molar-refractivity contribution in [1.29, 1.82) is 0 Å². The molecule has 1 unspecified atom stereocenters. The van der Waals surface area contributed by atoms with Crippen molar-refractivity contribution in [2.75, 3.05) is 6.61 Å². The minimum Gasteiger partial charge on any atom is -0.465 e. The Morgan fingerprint density at radius 2 is 0.868 bits per heavy atom. The van der Waals surface area contributed by atoms with Crippen molar-refractivity contribution in [2.24, 2.45) is 5.92 Å². The Morgan fingerprint density at radius 1 is 0.500 bits per heavy atom. The van der Waals surface area contributed by atoms with E-state index in [-0.39, 0.29) is 5.97 Å². The van der Waals surface area contributed by atoms with Gasteiger partial charge in [-0.05, 0) is 50.9 Å². The fourth-order valence-electron chi connectivity index (χ4n) is 5.36. The fourth-order valence-corrected chi connectivity index (χ4v) is 5.36. The van der Waals surface area contributed by atoms with Crippen molar-refractivity contribution >= 4 is 5.97 Å². The first kappa shape index (κ1) is 37.2. The molecule has 0 aromatic heterocycles. The minimum absolute atomic E-state index is 0.0390. The molecular weight excluding hydrogens is 464 g/mol. The van der Waals surface area contributed by atoms with Crippen molar-refractivity contribution in [3.8, 4) is 0 Å². The maximum Gasteiger partial charge on any atom is 0.305 e. The van der Waals surface area contributed by atoms with E-state index in [1.807, 2.05) is 0 Å². The molecule has 0 N–H and O–H groups in total. The number of carbonyl (C=O) groups excluding carboxylic acids is 1. The summed E-state index contributed by atoms with van der Waals surface area (Å²) in [5.74, 6) is 0.613. The first-order valence-corrected chi connectivity index (χ1v) is 17.5. The highest BCUT2D eigenvalue weighted by molar-refractivity contribution is 5.69. The molecule has 2 nitrogen and oxygen atoms in total. The summed E-state index contributed by atoms with van der Waals surface area (Å²) in [7, 11) is 0. The number of ether oxygens (including phenoxy) is 1. The van der Waals surface area contributed by atoms with Gasteiger partial charge < -0.3 is 4.74 Å². The number of rotatable bonds is 31. The first-order valence-electron chi connectivity index (χ1n) is 17.5. The standard InChI is InChI=1S/C36H70O2/c1-4-7-10-13-15-17-18-19-20-21-22-23-25-27-30-33-36(37)38-34-35(31-28-12-9-6-3)32-29-26-24-16-14-11-8-5-2/h19-20,35H,4-18,21-34H2,1-3H3/b20-19-. The molecule has 0 aliphatic rings. The van der Waals surface area contributed by atoms with E-state index >= 15 is 0 Å². The van der Waals surface area contributed by atoms with Crippen molar-refractivity contribution in [2.45, 2.75) is 201 Å². The van der Waals surface area contributed by atoms with E-state index in [0.29, 0.717) is 18.9 Å². The molecular formula is C36H70O2. The van der Waals surface area contributed by atoms with Crippen molar-refractivity contribution < 1.29 is 9.53 Å². The lowest BCUT2D eigenvalue weighted by Crippen LogP contribution is -2.14. The summed E-state index contributed by atoms with van der Waals surface area (Å²) in [6.07, 6.45) is 40.8. The SMILES string of the molecule is CCCCCCCC/C=C\CCCCCCCC(=O)OCC(CCCCCC)CCCCCCCCCC. The van der Waals surface area contributed by atoms with Gasteiger partial charge in [0, 0.05) is 6.42 Å². The molecule has 0 amide bonds. The Bertz CT molecular complexity index is 484. The van der Waals surface area contributed by atoms with Crippen LogP contribution >= 0.6 is 0 Å². The van der Waals surface area contributed by atoms with Crippen LogP contribution in [0.25, 0.3) is 0 Å². The maximum atomic E-state index is 12.3. The molecule has 0 bridgehead atoms. The molecule has 226 valence electrons. The molecule has 0 fully saturated rings. The van der Waals surface area contributed by atoms with Crippen LogP contribution < -0.4 is 0 Å². The van der Waals surface area contributed by atoms with Crippen LogP contribution in [-0.2, 0) is 9.53 Å². The van der Waals surface area contributed by atoms with Gasteiger partial charge in [-0.2, -0.15) is 0 Å². The van der Waals surface area contributed by atoms with Gasteiger partial charge in [-0.3, -0.25) is 4.79 Å². The van der Waals surface area contributed by atoms with E-state index < -0.39 is 0 Å². The van der Waals surface area contributed by atoms with Crippen LogP contribution in [0, 0.1) is 5.92 Å². The smallest absolute Gasteiger partial charge is 0.305 e. The topological polar surface area (TPSA) is 26.3 Å². The average molecular weight is 535 g/mol. The lowest BCUT2D eigenvalue weighted by atomic mass is 9.95. The van der Waals surface area contributed by atoms with Gasteiger partial charge >= 0.3 is 5.97 Å². The molecule has 0 heterocycles. The molecule has 0 spiro atoms.